The number of hydrogen-bond donors (Lipinski definition) is 3. The zero-order chi connectivity index (χ0) is 38.9. The third-order valence-corrected chi connectivity index (χ3v) is 11.8. The molecule has 0 radical (unpaired) electrons. The summed E-state index contributed by atoms with van der Waals surface area (Å²) >= 11 is 0. The summed E-state index contributed by atoms with van der Waals surface area (Å²) in [5, 5.41) is 12.6. The van der Waals surface area contributed by atoms with E-state index in [2.05, 4.69) is 21.0 Å². The molecule has 10 nitrogen and oxygen atoms in total. The van der Waals surface area contributed by atoms with Crippen molar-refractivity contribution in [2.24, 2.45) is 0 Å². The highest BCUT2D eigenvalue weighted by molar-refractivity contribution is 7.89. The molecule has 4 unspecified atom stereocenters. The molecule has 11 heteroatoms. The first-order valence-corrected chi connectivity index (χ1v) is 20.6. The number of ether oxygens (including phenoxy) is 3. The Bertz CT molecular complexity index is 2160. The Morgan fingerprint density at radius 2 is 1.48 bits per heavy atom. The van der Waals surface area contributed by atoms with E-state index in [1.54, 1.807) is 24.3 Å². The van der Waals surface area contributed by atoms with Gasteiger partial charge in [0.15, 0.2) is 6.29 Å². The molecule has 5 aromatic carbocycles. The third kappa shape index (κ3) is 10.4. The first-order valence-electron chi connectivity index (χ1n) is 19.1. The molecule has 0 aliphatic carbocycles. The van der Waals surface area contributed by atoms with Crippen molar-refractivity contribution < 1.29 is 32.5 Å². The van der Waals surface area contributed by atoms with Crippen molar-refractivity contribution in [1.29, 1.82) is 0 Å². The van der Waals surface area contributed by atoms with E-state index in [4.69, 9.17) is 14.2 Å². The van der Waals surface area contributed by atoms with E-state index < -0.39 is 28.3 Å². The van der Waals surface area contributed by atoms with Crippen molar-refractivity contribution in [3.63, 3.8) is 0 Å². The minimum Gasteiger partial charge on any atom is -0.392 e. The van der Waals surface area contributed by atoms with Crippen LogP contribution in [0.1, 0.15) is 52.2 Å². The number of amides is 1. The van der Waals surface area contributed by atoms with Gasteiger partial charge in [-0.05, 0) is 71.0 Å². The molecule has 2 aliphatic rings. The Morgan fingerprint density at radius 1 is 0.786 bits per heavy atom. The molecule has 292 valence electrons. The molecule has 2 fully saturated rings. The standard InChI is InChI=1S/C45H49N3O7S/c1-32-13-19-41(20-14-32)56(51,52)47-42(26-33-7-3-2-4-8-33)44(50)46-29-35-9-5-10-37(25-35)38-11-6-12-39(27-38)45-54-40(30-48-21-23-53-24-22-48)28-43(55-45)36-17-15-34(31-49)16-18-36/h2-20,25,27,40,42-43,45,47,49H,21-24,26,28-31H2,1H3,(H,46,50). The number of aliphatic hydroxyl groups is 1. The van der Waals surface area contributed by atoms with Crippen molar-refractivity contribution in [2.75, 3.05) is 32.8 Å². The van der Waals surface area contributed by atoms with E-state index in [9.17, 15) is 18.3 Å². The van der Waals surface area contributed by atoms with Gasteiger partial charge in [-0.25, -0.2) is 8.42 Å². The molecule has 2 heterocycles. The largest absolute Gasteiger partial charge is 0.392 e. The molecular weight excluding hydrogens is 727 g/mol. The maximum Gasteiger partial charge on any atom is 0.241 e. The highest BCUT2D eigenvalue weighted by atomic mass is 32.2. The lowest BCUT2D eigenvalue weighted by Crippen LogP contribution is -2.47. The van der Waals surface area contributed by atoms with Gasteiger partial charge in [0.25, 0.3) is 0 Å². The maximum absolute atomic E-state index is 13.7. The Hall–Kier alpha value is -4.72. The molecule has 4 atom stereocenters. The van der Waals surface area contributed by atoms with E-state index in [0.29, 0.717) is 19.6 Å². The monoisotopic (exact) mass is 775 g/mol. The quantitative estimate of drug-likeness (QED) is 0.121. The molecular formula is C45H49N3O7S. The second kappa shape index (κ2) is 18.5. The number of aryl methyl sites for hydroxylation is 1. The summed E-state index contributed by atoms with van der Waals surface area (Å²) in [6.45, 7) is 6.02. The predicted molar refractivity (Wildman–Crippen MR) is 215 cm³/mol. The zero-order valence-corrected chi connectivity index (χ0v) is 32.4. The fraction of sp³-hybridized carbons (Fsp3) is 0.311. The van der Waals surface area contributed by atoms with Gasteiger partial charge in [-0.2, -0.15) is 4.72 Å². The van der Waals surface area contributed by atoms with Crippen LogP contribution < -0.4 is 10.0 Å². The average Bonchev–Trinajstić information content (AvgIpc) is 3.23. The van der Waals surface area contributed by atoms with Gasteiger partial charge in [0.1, 0.15) is 6.04 Å². The van der Waals surface area contributed by atoms with E-state index in [-0.39, 0.29) is 36.7 Å². The van der Waals surface area contributed by atoms with Crippen LogP contribution in [0.4, 0.5) is 0 Å². The van der Waals surface area contributed by atoms with Crippen LogP contribution in [0.5, 0.6) is 0 Å². The van der Waals surface area contributed by atoms with Crippen molar-refractivity contribution in [3.8, 4) is 11.1 Å². The molecule has 0 bridgehead atoms. The number of sulfonamides is 1. The van der Waals surface area contributed by atoms with Gasteiger partial charge in [-0.1, -0.05) is 109 Å². The van der Waals surface area contributed by atoms with E-state index >= 15 is 0 Å². The number of nitrogens with zero attached hydrogens (tertiary/aromatic N) is 1. The molecule has 0 spiro atoms. The normalized spacial score (nSPS) is 19.6. The lowest BCUT2D eigenvalue weighted by Gasteiger charge is -2.39. The second-order valence-electron chi connectivity index (χ2n) is 14.5. The zero-order valence-electron chi connectivity index (χ0n) is 31.5. The summed E-state index contributed by atoms with van der Waals surface area (Å²) in [5.41, 5.74) is 7.36. The van der Waals surface area contributed by atoms with Gasteiger partial charge < -0.3 is 24.6 Å². The molecule has 2 aliphatic heterocycles. The fourth-order valence-electron chi connectivity index (χ4n) is 7.15. The van der Waals surface area contributed by atoms with Crippen LogP contribution in [0.25, 0.3) is 11.1 Å². The number of nitrogens with one attached hydrogen (secondary N) is 2. The molecule has 0 aromatic heterocycles. The number of carbonyl (C=O) groups excluding carboxylic acids is 1. The van der Waals surface area contributed by atoms with E-state index in [0.717, 1.165) is 64.1 Å². The van der Waals surface area contributed by atoms with Crippen molar-refractivity contribution >= 4 is 15.9 Å². The topological polar surface area (TPSA) is 126 Å². The van der Waals surface area contributed by atoms with Crippen LogP contribution in [-0.2, 0) is 48.6 Å². The third-order valence-electron chi connectivity index (χ3n) is 10.3. The molecule has 2 saturated heterocycles. The lowest BCUT2D eigenvalue weighted by molar-refractivity contribution is -0.253. The highest BCUT2D eigenvalue weighted by Crippen LogP contribution is 2.39. The second-order valence-corrected chi connectivity index (χ2v) is 16.2. The van der Waals surface area contributed by atoms with Gasteiger partial charge >= 0.3 is 0 Å². The molecule has 1 amide bonds. The molecule has 56 heavy (non-hydrogen) atoms. The van der Waals surface area contributed by atoms with Crippen LogP contribution in [0.3, 0.4) is 0 Å². The van der Waals surface area contributed by atoms with E-state index in [1.165, 1.54) is 0 Å². The van der Waals surface area contributed by atoms with Crippen molar-refractivity contribution in [3.05, 3.63) is 161 Å². The fourth-order valence-corrected chi connectivity index (χ4v) is 8.35. The number of hydrogen-bond acceptors (Lipinski definition) is 8. The summed E-state index contributed by atoms with van der Waals surface area (Å²) in [6.07, 6.45) is 0.0643. The summed E-state index contributed by atoms with van der Waals surface area (Å²) in [7, 11) is -3.96. The SMILES string of the molecule is Cc1ccc(S(=O)(=O)NC(Cc2ccccc2)C(=O)NCc2cccc(-c3cccc(C4OC(CN5CCOCC5)CC(c5ccc(CO)cc5)O4)c3)c2)cc1. The van der Waals surface area contributed by atoms with Gasteiger partial charge in [0, 0.05) is 38.2 Å². The number of morpholine rings is 1. The smallest absolute Gasteiger partial charge is 0.241 e. The van der Waals surface area contributed by atoms with E-state index in [1.807, 2.05) is 104 Å². The summed E-state index contributed by atoms with van der Waals surface area (Å²) in [4.78, 5) is 16.2. The minimum absolute atomic E-state index is 0.0115. The Morgan fingerprint density at radius 3 is 2.21 bits per heavy atom. The van der Waals surface area contributed by atoms with Crippen LogP contribution >= 0.6 is 0 Å². The van der Waals surface area contributed by atoms with Crippen LogP contribution in [0.15, 0.2) is 132 Å². The molecule has 7 rings (SSSR count). The Kier molecular flexibility index (Phi) is 13.0. The lowest BCUT2D eigenvalue weighted by atomic mass is 9.98. The van der Waals surface area contributed by atoms with Crippen LogP contribution in [0, 0.1) is 6.92 Å². The predicted octanol–water partition coefficient (Wildman–Crippen LogP) is 6.24. The molecule has 3 N–H and O–H groups in total. The first kappa shape index (κ1) is 39.5. The van der Waals surface area contributed by atoms with Crippen molar-refractivity contribution in [2.45, 2.75) is 62.4 Å². The summed E-state index contributed by atoms with van der Waals surface area (Å²) in [6, 6.07) is 38.9. The summed E-state index contributed by atoms with van der Waals surface area (Å²) in [5.74, 6) is -0.421. The van der Waals surface area contributed by atoms with Crippen LogP contribution in [0.2, 0.25) is 0 Å². The number of aliphatic hydroxyl groups excluding tert-OH is 1. The van der Waals surface area contributed by atoms with Gasteiger partial charge in [-0.15, -0.1) is 0 Å². The number of carbonyl (C=O) groups is 1. The van der Waals surface area contributed by atoms with Crippen molar-refractivity contribution in [1.82, 2.24) is 14.9 Å². The first-order chi connectivity index (χ1) is 27.2. The highest BCUT2D eigenvalue weighted by Gasteiger charge is 2.34. The molecule has 5 aromatic rings. The van der Waals surface area contributed by atoms with Gasteiger partial charge in [0.2, 0.25) is 15.9 Å². The Balaban J connectivity index is 1.06. The maximum atomic E-state index is 13.7. The Labute approximate surface area is 329 Å². The van der Waals surface area contributed by atoms with Gasteiger partial charge in [0.05, 0.1) is 36.9 Å². The molecule has 0 saturated carbocycles. The summed E-state index contributed by atoms with van der Waals surface area (Å²) < 4.78 is 48.2. The van der Waals surface area contributed by atoms with Crippen LogP contribution in [-0.4, -0.2) is 69.3 Å². The number of rotatable bonds is 14. The van der Waals surface area contributed by atoms with Gasteiger partial charge in [-0.3, -0.25) is 9.69 Å². The minimum atomic E-state index is -3.96. The average molecular weight is 776 g/mol. The number of benzene rings is 5.